The smallest absolute Gasteiger partial charge is 0.165 e. The zero-order chi connectivity index (χ0) is 20.2. The molecule has 4 rings (SSSR count). The van der Waals surface area contributed by atoms with E-state index >= 15 is 0 Å². The van der Waals surface area contributed by atoms with E-state index in [4.69, 9.17) is 0 Å². The van der Waals surface area contributed by atoms with E-state index in [1.165, 1.54) is 11.1 Å². The lowest BCUT2D eigenvalue weighted by molar-refractivity contribution is 0.0976. The minimum atomic E-state index is -0.0867. The number of aryl methyl sites for hydroxylation is 2. The predicted octanol–water partition coefficient (Wildman–Crippen LogP) is 6.88. The van der Waals surface area contributed by atoms with Crippen LogP contribution in [0.5, 0.6) is 0 Å². The molecular formula is C27H25NO. The third kappa shape index (κ3) is 4.55. The quantitative estimate of drug-likeness (QED) is 0.370. The minimum Gasteiger partial charge on any atom is -0.378 e. The standard InChI is InChI=1S/C27H25NO/c1-19-10-12-22(13-11-19)26(28-25-9-5-6-20(2)16-25)18-27(29)24-15-14-21-7-3-4-8-23(21)17-24/h3-17,26,28H,18H2,1-2H3. The Balaban J connectivity index is 1.62. The minimum absolute atomic E-state index is 0.0867. The number of hydrogen-bond acceptors (Lipinski definition) is 2. The first kappa shape index (κ1) is 18.9. The highest BCUT2D eigenvalue weighted by atomic mass is 16.1. The van der Waals surface area contributed by atoms with Gasteiger partial charge in [-0.15, -0.1) is 0 Å². The van der Waals surface area contributed by atoms with E-state index in [1.54, 1.807) is 0 Å². The molecule has 0 saturated heterocycles. The van der Waals surface area contributed by atoms with Crippen molar-refractivity contribution in [3.8, 4) is 0 Å². The molecule has 4 aromatic carbocycles. The van der Waals surface area contributed by atoms with Crippen LogP contribution in [0.25, 0.3) is 10.8 Å². The van der Waals surface area contributed by atoms with Gasteiger partial charge >= 0.3 is 0 Å². The molecule has 0 bridgehead atoms. The fourth-order valence-corrected chi connectivity index (χ4v) is 3.65. The normalized spacial score (nSPS) is 11.9. The average Bonchev–Trinajstić information content (AvgIpc) is 2.73. The summed E-state index contributed by atoms with van der Waals surface area (Å²) in [7, 11) is 0. The van der Waals surface area contributed by atoms with Gasteiger partial charge in [-0.05, 0) is 53.9 Å². The molecule has 0 amide bonds. The summed E-state index contributed by atoms with van der Waals surface area (Å²) >= 11 is 0. The molecule has 0 fully saturated rings. The number of carbonyl (C=O) groups is 1. The molecular weight excluding hydrogens is 354 g/mol. The number of fused-ring (bicyclic) bond motifs is 1. The Morgan fingerprint density at radius 1 is 0.759 bits per heavy atom. The molecule has 0 heterocycles. The number of nitrogens with one attached hydrogen (secondary N) is 1. The highest BCUT2D eigenvalue weighted by molar-refractivity contribution is 6.00. The van der Waals surface area contributed by atoms with E-state index in [1.807, 2.05) is 36.4 Å². The lowest BCUT2D eigenvalue weighted by atomic mass is 9.95. The van der Waals surface area contributed by atoms with E-state index < -0.39 is 0 Å². The van der Waals surface area contributed by atoms with Crippen molar-refractivity contribution in [3.05, 3.63) is 113 Å². The number of benzene rings is 4. The third-order valence-electron chi connectivity index (χ3n) is 5.30. The van der Waals surface area contributed by atoms with Crippen molar-refractivity contribution in [2.24, 2.45) is 0 Å². The van der Waals surface area contributed by atoms with Crippen LogP contribution in [-0.4, -0.2) is 5.78 Å². The van der Waals surface area contributed by atoms with Crippen molar-refractivity contribution in [1.29, 1.82) is 0 Å². The summed E-state index contributed by atoms with van der Waals surface area (Å²) < 4.78 is 0. The summed E-state index contributed by atoms with van der Waals surface area (Å²) in [5, 5.41) is 5.82. The highest BCUT2D eigenvalue weighted by Gasteiger charge is 2.18. The molecule has 1 unspecified atom stereocenters. The van der Waals surface area contributed by atoms with E-state index in [0.29, 0.717) is 6.42 Å². The fraction of sp³-hybridized carbons (Fsp3) is 0.148. The molecule has 29 heavy (non-hydrogen) atoms. The molecule has 0 aromatic heterocycles. The third-order valence-corrected chi connectivity index (χ3v) is 5.30. The van der Waals surface area contributed by atoms with Crippen LogP contribution in [-0.2, 0) is 0 Å². The Morgan fingerprint density at radius 2 is 1.52 bits per heavy atom. The zero-order valence-electron chi connectivity index (χ0n) is 16.9. The predicted molar refractivity (Wildman–Crippen MR) is 122 cm³/mol. The van der Waals surface area contributed by atoms with Crippen molar-refractivity contribution in [3.63, 3.8) is 0 Å². The first-order valence-corrected chi connectivity index (χ1v) is 10.0. The second-order valence-electron chi connectivity index (χ2n) is 7.67. The van der Waals surface area contributed by atoms with Gasteiger partial charge in [0.15, 0.2) is 5.78 Å². The van der Waals surface area contributed by atoms with Gasteiger partial charge < -0.3 is 5.32 Å². The van der Waals surface area contributed by atoms with E-state index in [2.05, 4.69) is 73.8 Å². The number of carbonyl (C=O) groups excluding carboxylic acids is 1. The van der Waals surface area contributed by atoms with Crippen LogP contribution in [0.4, 0.5) is 5.69 Å². The Kier molecular flexibility index (Phi) is 5.44. The van der Waals surface area contributed by atoms with Crippen molar-refractivity contribution < 1.29 is 4.79 Å². The van der Waals surface area contributed by atoms with Crippen LogP contribution in [0.3, 0.4) is 0 Å². The number of ketones is 1. The number of hydrogen-bond donors (Lipinski definition) is 1. The van der Waals surface area contributed by atoms with Crippen LogP contribution in [0.15, 0.2) is 91.0 Å². The molecule has 0 aliphatic heterocycles. The Bertz CT molecular complexity index is 1140. The van der Waals surface area contributed by atoms with Gasteiger partial charge in [0.05, 0.1) is 6.04 Å². The second kappa shape index (κ2) is 8.32. The molecule has 1 N–H and O–H groups in total. The molecule has 0 aliphatic rings. The first-order valence-electron chi connectivity index (χ1n) is 10.0. The topological polar surface area (TPSA) is 29.1 Å². The van der Waals surface area contributed by atoms with Gasteiger partial charge in [-0.1, -0.05) is 78.4 Å². The van der Waals surface area contributed by atoms with Crippen LogP contribution in [0, 0.1) is 13.8 Å². The van der Waals surface area contributed by atoms with Crippen LogP contribution in [0.2, 0.25) is 0 Å². The zero-order valence-corrected chi connectivity index (χ0v) is 16.9. The molecule has 1 atom stereocenters. The molecule has 2 heteroatoms. The monoisotopic (exact) mass is 379 g/mol. The summed E-state index contributed by atoms with van der Waals surface area (Å²) in [5.41, 5.74) is 5.31. The lowest BCUT2D eigenvalue weighted by Crippen LogP contribution is -2.16. The van der Waals surface area contributed by atoms with Crippen molar-refractivity contribution in [1.82, 2.24) is 0 Å². The maximum absolute atomic E-state index is 13.2. The van der Waals surface area contributed by atoms with Crippen LogP contribution in [0.1, 0.15) is 39.5 Å². The summed E-state index contributed by atoms with van der Waals surface area (Å²) in [6.45, 7) is 4.15. The molecule has 4 aromatic rings. The van der Waals surface area contributed by atoms with Gasteiger partial charge in [-0.2, -0.15) is 0 Å². The molecule has 2 nitrogen and oxygen atoms in total. The van der Waals surface area contributed by atoms with Gasteiger partial charge in [0.25, 0.3) is 0 Å². The lowest BCUT2D eigenvalue weighted by Gasteiger charge is -2.21. The largest absolute Gasteiger partial charge is 0.378 e. The summed E-state index contributed by atoms with van der Waals surface area (Å²) in [5.74, 6) is 0.140. The maximum atomic E-state index is 13.2. The number of rotatable bonds is 6. The van der Waals surface area contributed by atoms with E-state index in [-0.39, 0.29) is 11.8 Å². The van der Waals surface area contributed by atoms with E-state index in [9.17, 15) is 4.79 Å². The van der Waals surface area contributed by atoms with Gasteiger partial charge in [0, 0.05) is 17.7 Å². The van der Waals surface area contributed by atoms with Crippen molar-refractivity contribution in [2.45, 2.75) is 26.3 Å². The first-order chi connectivity index (χ1) is 14.1. The van der Waals surface area contributed by atoms with Crippen LogP contribution < -0.4 is 5.32 Å². The van der Waals surface area contributed by atoms with Crippen molar-refractivity contribution in [2.75, 3.05) is 5.32 Å². The average molecular weight is 380 g/mol. The fourth-order valence-electron chi connectivity index (χ4n) is 3.65. The summed E-state index contributed by atoms with van der Waals surface area (Å²) in [6.07, 6.45) is 0.398. The Labute approximate surface area is 172 Å². The van der Waals surface area contributed by atoms with Gasteiger partial charge in [0.2, 0.25) is 0 Å². The van der Waals surface area contributed by atoms with Gasteiger partial charge in [-0.3, -0.25) is 4.79 Å². The SMILES string of the molecule is Cc1ccc(C(CC(=O)c2ccc3ccccc3c2)Nc2cccc(C)c2)cc1. The van der Waals surface area contributed by atoms with Crippen molar-refractivity contribution >= 4 is 22.2 Å². The summed E-state index contributed by atoms with van der Waals surface area (Å²) in [6, 6.07) is 30.7. The molecule has 0 spiro atoms. The Morgan fingerprint density at radius 3 is 2.28 bits per heavy atom. The molecule has 0 aliphatic carbocycles. The van der Waals surface area contributed by atoms with E-state index in [0.717, 1.165) is 27.6 Å². The number of anilines is 1. The Hall–Kier alpha value is -3.39. The molecule has 0 radical (unpaired) electrons. The summed E-state index contributed by atoms with van der Waals surface area (Å²) in [4.78, 5) is 13.2. The number of Topliss-reactive ketones (excluding diaryl/α,β-unsaturated/α-hetero) is 1. The van der Waals surface area contributed by atoms with Gasteiger partial charge in [-0.25, -0.2) is 0 Å². The highest BCUT2D eigenvalue weighted by Crippen LogP contribution is 2.26. The maximum Gasteiger partial charge on any atom is 0.165 e. The second-order valence-corrected chi connectivity index (χ2v) is 7.67. The van der Waals surface area contributed by atoms with Gasteiger partial charge in [0.1, 0.15) is 0 Å². The van der Waals surface area contributed by atoms with Crippen LogP contribution >= 0.6 is 0 Å². The molecule has 0 saturated carbocycles. The molecule has 144 valence electrons.